The molecule has 2 heterocycles. The van der Waals surface area contributed by atoms with Gasteiger partial charge in [-0.2, -0.15) is 0 Å². The molecule has 0 aliphatic carbocycles. The van der Waals surface area contributed by atoms with E-state index in [1.54, 1.807) is 0 Å². The average Bonchev–Trinajstić information content (AvgIpc) is 2.94. The molecule has 0 unspecified atom stereocenters. The molecule has 0 radical (unpaired) electrons. The number of hydrogen-bond donors (Lipinski definition) is 0. The zero-order valence-corrected chi connectivity index (χ0v) is 13.2. The fourth-order valence-corrected chi connectivity index (χ4v) is 3.34. The Morgan fingerprint density at radius 3 is 2.82 bits per heavy atom. The molecule has 0 amide bonds. The molecular formula is C19H19NO2. The summed E-state index contributed by atoms with van der Waals surface area (Å²) in [6.07, 6.45) is 2.93. The number of oxazole rings is 1. The number of benzene rings is 2. The van der Waals surface area contributed by atoms with E-state index < -0.39 is 0 Å². The Morgan fingerprint density at radius 1 is 1.18 bits per heavy atom. The third kappa shape index (κ3) is 1.78. The lowest BCUT2D eigenvalue weighted by Gasteiger charge is -2.22. The van der Waals surface area contributed by atoms with E-state index in [9.17, 15) is 0 Å². The van der Waals surface area contributed by atoms with Crippen molar-refractivity contribution in [1.82, 2.24) is 4.98 Å². The van der Waals surface area contributed by atoms with E-state index in [2.05, 4.69) is 44.0 Å². The molecule has 0 bridgehead atoms. The number of aryl methyl sites for hydroxylation is 1. The summed E-state index contributed by atoms with van der Waals surface area (Å²) < 4.78 is 11.9. The Bertz CT molecular complexity index is 918. The summed E-state index contributed by atoms with van der Waals surface area (Å²) in [5.41, 5.74) is 4.33. The molecule has 0 atom stereocenters. The molecule has 1 aromatic heterocycles. The SMILES string of the molecule is CCCC1=C(C)Oc2cc3oc(CC)nc3c3cccc1c23. The fraction of sp³-hybridized carbons (Fsp3) is 0.316. The van der Waals surface area contributed by atoms with Crippen LogP contribution in [0, 0.1) is 0 Å². The number of allylic oxidation sites excluding steroid dienone is 2. The van der Waals surface area contributed by atoms with E-state index in [1.807, 2.05) is 6.07 Å². The lowest BCUT2D eigenvalue weighted by Crippen LogP contribution is -2.04. The van der Waals surface area contributed by atoms with Crippen molar-refractivity contribution in [1.29, 1.82) is 0 Å². The number of fused-ring (bicyclic) bond motifs is 2. The summed E-state index contributed by atoms with van der Waals surface area (Å²) in [4.78, 5) is 4.65. The second-order valence-corrected chi connectivity index (χ2v) is 5.80. The monoisotopic (exact) mass is 293 g/mol. The maximum atomic E-state index is 6.11. The van der Waals surface area contributed by atoms with Crippen molar-refractivity contribution in [3.05, 3.63) is 41.5 Å². The van der Waals surface area contributed by atoms with Crippen LogP contribution in [0.3, 0.4) is 0 Å². The lowest BCUT2D eigenvalue weighted by atomic mass is 9.92. The number of hydrogen-bond acceptors (Lipinski definition) is 3. The molecule has 0 saturated carbocycles. The van der Waals surface area contributed by atoms with Crippen LogP contribution in [0.1, 0.15) is 45.1 Å². The third-order valence-electron chi connectivity index (χ3n) is 4.34. The molecule has 22 heavy (non-hydrogen) atoms. The number of rotatable bonds is 3. The maximum absolute atomic E-state index is 6.11. The quantitative estimate of drug-likeness (QED) is 0.642. The second-order valence-electron chi connectivity index (χ2n) is 5.80. The molecule has 1 aliphatic rings. The Balaban J connectivity index is 2.09. The predicted octanol–water partition coefficient (Wildman–Crippen LogP) is 5.47. The van der Waals surface area contributed by atoms with Gasteiger partial charge in [-0.05, 0) is 24.5 Å². The Kier molecular flexibility index (Phi) is 2.96. The van der Waals surface area contributed by atoms with Crippen LogP contribution in [0.15, 0.2) is 34.4 Å². The molecule has 3 nitrogen and oxygen atoms in total. The highest BCUT2D eigenvalue weighted by molar-refractivity contribution is 6.11. The van der Waals surface area contributed by atoms with Crippen molar-refractivity contribution >= 4 is 27.4 Å². The van der Waals surface area contributed by atoms with Gasteiger partial charge in [0, 0.05) is 23.3 Å². The molecule has 2 aromatic carbocycles. The van der Waals surface area contributed by atoms with Gasteiger partial charge in [-0.1, -0.05) is 38.5 Å². The normalized spacial score (nSPS) is 14.0. The minimum Gasteiger partial charge on any atom is -0.461 e. The van der Waals surface area contributed by atoms with Crippen LogP contribution in [0.25, 0.3) is 27.4 Å². The van der Waals surface area contributed by atoms with E-state index in [-0.39, 0.29) is 0 Å². The van der Waals surface area contributed by atoms with E-state index in [1.165, 1.54) is 16.5 Å². The largest absolute Gasteiger partial charge is 0.461 e. The van der Waals surface area contributed by atoms with Crippen LogP contribution < -0.4 is 4.74 Å². The first kappa shape index (κ1) is 13.4. The smallest absolute Gasteiger partial charge is 0.195 e. The van der Waals surface area contributed by atoms with Crippen LogP contribution in [-0.4, -0.2) is 4.98 Å². The molecule has 4 rings (SSSR count). The highest BCUT2D eigenvalue weighted by atomic mass is 16.5. The van der Waals surface area contributed by atoms with Crippen molar-refractivity contribution in [3.63, 3.8) is 0 Å². The number of ether oxygens (including phenoxy) is 1. The van der Waals surface area contributed by atoms with E-state index in [4.69, 9.17) is 9.15 Å². The highest BCUT2D eigenvalue weighted by Crippen LogP contribution is 2.44. The summed E-state index contributed by atoms with van der Waals surface area (Å²) in [5.74, 6) is 2.65. The van der Waals surface area contributed by atoms with Crippen LogP contribution >= 0.6 is 0 Å². The van der Waals surface area contributed by atoms with Crippen molar-refractivity contribution < 1.29 is 9.15 Å². The van der Waals surface area contributed by atoms with Crippen molar-refractivity contribution in [2.75, 3.05) is 0 Å². The number of aromatic nitrogens is 1. The Hall–Kier alpha value is -2.29. The van der Waals surface area contributed by atoms with E-state index >= 15 is 0 Å². The van der Waals surface area contributed by atoms with Crippen LogP contribution in [-0.2, 0) is 6.42 Å². The van der Waals surface area contributed by atoms with Gasteiger partial charge in [0.05, 0.1) is 0 Å². The summed E-state index contributed by atoms with van der Waals surface area (Å²) in [6.45, 7) is 6.30. The minimum atomic E-state index is 0.775. The molecule has 1 aliphatic heterocycles. The Morgan fingerprint density at radius 2 is 2.05 bits per heavy atom. The van der Waals surface area contributed by atoms with Gasteiger partial charge >= 0.3 is 0 Å². The van der Waals surface area contributed by atoms with E-state index in [0.29, 0.717) is 0 Å². The summed E-state index contributed by atoms with van der Waals surface area (Å²) >= 11 is 0. The molecule has 0 N–H and O–H groups in total. The van der Waals surface area contributed by atoms with Gasteiger partial charge in [0.1, 0.15) is 17.0 Å². The van der Waals surface area contributed by atoms with Crippen molar-refractivity contribution in [2.45, 2.75) is 40.0 Å². The predicted molar refractivity (Wildman–Crippen MR) is 89.0 cm³/mol. The van der Waals surface area contributed by atoms with Crippen molar-refractivity contribution in [3.8, 4) is 5.75 Å². The van der Waals surface area contributed by atoms with Gasteiger partial charge in [0.25, 0.3) is 0 Å². The number of nitrogens with zero attached hydrogens (tertiary/aromatic N) is 1. The summed E-state index contributed by atoms with van der Waals surface area (Å²) in [6, 6.07) is 8.39. The van der Waals surface area contributed by atoms with Gasteiger partial charge in [-0.25, -0.2) is 4.98 Å². The molecule has 3 heteroatoms. The zero-order valence-electron chi connectivity index (χ0n) is 13.2. The van der Waals surface area contributed by atoms with Gasteiger partial charge in [0.2, 0.25) is 0 Å². The van der Waals surface area contributed by atoms with Crippen LogP contribution in [0.5, 0.6) is 5.75 Å². The topological polar surface area (TPSA) is 35.3 Å². The van der Waals surface area contributed by atoms with Crippen LogP contribution in [0.2, 0.25) is 0 Å². The van der Waals surface area contributed by atoms with Gasteiger partial charge < -0.3 is 9.15 Å². The molecule has 0 fully saturated rings. The third-order valence-corrected chi connectivity index (χ3v) is 4.34. The molecule has 3 aromatic rings. The second kappa shape index (κ2) is 4.87. The molecule has 0 saturated heterocycles. The van der Waals surface area contributed by atoms with Gasteiger partial charge in [-0.3, -0.25) is 0 Å². The molecule has 112 valence electrons. The summed E-state index contributed by atoms with van der Waals surface area (Å²) in [5, 5.41) is 2.29. The molecule has 0 spiro atoms. The van der Waals surface area contributed by atoms with Crippen molar-refractivity contribution in [2.24, 2.45) is 0 Å². The first-order valence-electron chi connectivity index (χ1n) is 7.96. The Labute approximate surface area is 129 Å². The summed E-state index contributed by atoms with van der Waals surface area (Å²) in [7, 11) is 0. The minimum absolute atomic E-state index is 0.775. The fourth-order valence-electron chi connectivity index (χ4n) is 3.34. The standard InChI is InChI=1S/C19H19NO2/c1-4-7-12-11(3)21-15-10-16-19(20-17(5-2)22-16)14-9-6-8-13(12)18(14)15/h6,8-10H,4-5,7H2,1-3H3. The lowest BCUT2D eigenvalue weighted by molar-refractivity contribution is 0.429. The molecular weight excluding hydrogens is 274 g/mol. The zero-order chi connectivity index (χ0) is 15.3. The van der Waals surface area contributed by atoms with Gasteiger partial charge in [0.15, 0.2) is 11.5 Å². The first-order valence-corrected chi connectivity index (χ1v) is 7.96. The maximum Gasteiger partial charge on any atom is 0.195 e. The van der Waals surface area contributed by atoms with Crippen LogP contribution in [0.4, 0.5) is 0 Å². The average molecular weight is 293 g/mol. The van der Waals surface area contributed by atoms with Gasteiger partial charge in [-0.15, -0.1) is 0 Å². The highest BCUT2D eigenvalue weighted by Gasteiger charge is 2.22. The van der Waals surface area contributed by atoms with E-state index in [0.717, 1.165) is 53.1 Å². The first-order chi connectivity index (χ1) is 10.7.